The Morgan fingerprint density at radius 1 is 1.28 bits per heavy atom. The number of alkyl halides is 1. The number of halogens is 1. The standard InChI is InChI=1S/C15H26BrNO/c1-15(2,3)8-10(16)9-17-14(18)13-11-6-4-5-7-12(11)13/h10-13H,4-9H2,1-3H3,(H,17,18). The van der Waals surface area contributed by atoms with Gasteiger partial charge in [-0.25, -0.2) is 0 Å². The third-order valence-electron chi connectivity index (χ3n) is 4.29. The van der Waals surface area contributed by atoms with Crippen molar-refractivity contribution in [1.82, 2.24) is 5.32 Å². The van der Waals surface area contributed by atoms with Gasteiger partial charge in [-0.1, -0.05) is 49.5 Å². The molecule has 1 N–H and O–H groups in total. The van der Waals surface area contributed by atoms with E-state index < -0.39 is 0 Å². The van der Waals surface area contributed by atoms with Crippen molar-refractivity contribution in [2.24, 2.45) is 23.2 Å². The summed E-state index contributed by atoms with van der Waals surface area (Å²) >= 11 is 3.67. The Balaban J connectivity index is 1.69. The maximum atomic E-state index is 12.1. The van der Waals surface area contributed by atoms with Gasteiger partial charge in [0.1, 0.15) is 0 Å². The maximum absolute atomic E-state index is 12.1. The minimum absolute atomic E-state index is 0.310. The van der Waals surface area contributed by atoms with Gasteiger partial charge in [0.05, 0.1) is 0 Å². The van der Waals surface area contributed by atoms with Crippen LogP contribution in [0, 0.1) is 23.2 Å². The van der Waals surface area contributed by atoms with Crippen LogP contribution in [0.1, 0.15) is 52.9 Å². The molecule has 18 heavy (non-hydrogen) atoms. The number of hydrogen-bond acceptors (Lipinski definition) is 1. The molecule has 2 rings (SSSR count). The molecule has 0 radical (unpaired) electrons. The first-order valence-electron chi connectivity index (χ1n) is 7.30. The van der Waals surface area contributed by atoms with E-state index in [-0.39, 0.29) is 0 Å². The topological polar surface area (TPSA) is 29.1 Å². The van der Waals surface area contributed by atoms with Gasteiger partial charge < -0.3 is 5.32 Å². The Hall–Kier alpha value is -0.0500. The number of carbonyl (C=O) groups excluding carboxylic acids is 1. The van der Waals surface area contributed by atoms with Crippen molar-refractivity contribution < 1.29 is 4.79 Å². The first-order chi connectivity index (χ1) is 8.38. The summed E-state index contributed by atoms with van der Waals surface area (Å²) < 4.78 is 0. The van der Waals surface area contributed by atoms with Gasteiger partial charge in [0.2, 0.25) is 5.91 Å². The van der Waals surface area contributed by atoms with E-state index in [1.807, 2.05) is 0 Å². The summed E-state index contributed by atoms with van der Waals surface area (Å²) in [6.07, 6.45) is 6.31. The highest BCUT2D eigenvalue weighted by Gasteiger charge is 2.54. The zero-order valence-electron chi connectivity index (χ0n) is 11.8. The van der Waals surface area contributed by atoms with Gasteiger partial charge in [-0.05, 0) is 36.5 Å². The highest BCUT2D eigenvalue weighted by Crippen LogP contribution is 2.55. The van der Waals surface area contributed by atoms with E-state index in [1.54, 1.807) is 0 Å². The zero-order valence-corrected chi connectivity index (χ0v) is 13.4. The van der Waals surface area contributed by atoms with Crippen molar-refractivity contribution in [2.75, 3.05) is 6.54 Å². The normalized spacial score (nSPS) is 32.6. The molecule has 2 aliphatic rings. The lowest BCUT2D eigenvalue weighted by atomic mass is 9.90. The Kier molecular flexibility index (Phi) is 4.40. The number of nitrogens with one attached hydrogen (secondary N) is 1. The largest absolute Gasteiger partial charge is 0.355 e. The molecule has 0 heterocycles. The van der Waals surface area contributed by atoms with Gasteiger partial charge in [-0.2, -0.15) is 0 Å². The molecule has 2 nitrogen and oxygen atoms in total. The fraction of sp³-hybridized carbons (Fsp3) is 0.933. The van der Waals surface area contributed by atoms with Crippen LogP contribution in [0.15, 0.2) is 0 Å². The van der Waals surface area contributed by atoms with Crippen LogP contribution >= 0.6 is 15.9 Å². The molecule has 0 bridgehead atoms. The fourth-order valence-corrected chi connectivity index (χ4v) is 4.58. The fourth-order valence-electron chi connectivity index (χ4n) is 3.45. The Bertz CT molecular complexity index is 298. The Labute approximate surface area is 119 Å². The predicted molar refractivity (Wildman–Crippen MR) is 78.7 cm³/mol. The second kappa shape index (κ2) is 5.52. The third kappa shape index (κ3) is 3.72. The van der Waals surface area contributed by atoms with E-state index in [0.717, 1.165) is 24.8 Å². The highest BCUT2D eigenvalue weighted by molar-refractivity contribution is 9.09. The molecule has 0 aromatic carbocycles. The molecule has 2 saturated carbocycles. The Morgan fingerprint density at radius 3 is 2.33 bits per heavy atom. The van der Waals surface area contributed by atoms with Gasteiger partial charge >= 0.3 is 0 Å². The lowest BCUT2D eigenvalue weighted by Crippen LogP contribution is -2.33. The summed E-state index contributed by atoms with van der Waals surface area (Å²) in [5.74, 6) is 2.09. The molecule has 1 amide bonds. The van der Waals surface area contributed by atoms with Crippen molar-refractivity contribution in [3.05, 3.63) is 0 Å². The number of fused-ring (bicyclic) bond motifs is 1. The average molecular weight is 316 g/mol. The number of carbonyl (C=O) groups is 1. The van der Waals surface area contributed by atoms with E-state index >= 15 is 0 Å². The van der Waals surface area contributed by atoms with E-state index in [2.05, 4.69) is 42.0 Å². The molecule has 2 fully saturated rings. The summed E-state index contributed by atoms with van der Waals surface area (Å²) in [5.41, 5.74) is 0.312. The molecule has 0 aliphatic heterocycles. The second-order valence-electron chi connectivity index (χ2n) is 7.25. The van der Waals surface area contributed by atoms with Crippen LogP contribution in [0.5, 0.6) is 0 Å². The molecule has 0 aromatic heterocycles. The van der Waals surface area contributed by atoms with Crippen molar-refractivity contribution in [3.8, 4) is 0 Å². The average Bonchev–Trinajstić information content (AvgIpc) is 2.97. The molecular formula is C15H26BrNO. The smallest absolute Gasteiger partial charge is 0.223 e. The molecule has 104 valence electrons. The van der Waals surface area contributed by atoms with E-state index in [1.165, 1.54) is 25.7 Å². The van der Waals surface area contributed by atoms with Crippen LogP contribution in [0.4, 0.5) is 0 Å². The summed E-state index contributed by atoms with van der Waals surface area (Å²) in [5, 5.41) is 3.14. The van der Waals surface area contributed by atoms with Gasteiger partial charge in [0, 0.05) is 17.3 Å². The van der Waals surface area contributed by atoms with E-state index in [9.17, 15) is 4.79 Å². The van der Waals surface area contributed by atoms with Crippen molar-refractivity contribution in [2.45, 2.75) is 57.7 Å². The van der Waals surface area contributed by atoms with Crippen LogP contribution in [0.25, 0.3) is 0 Å². The quantitative estimate of drug-likeness (QED) is 0.787. The van der Waals surface area contributed by atoms with Gasteiger partial charge in [0.25, 0.3) is 0 Å². The van der Waals surface area contributed by atoms with Gasteiger partial charge in [0.15, 0.2) is 0 Å². The lowest BCUT2D eigenvalue weighted by Gasteiger charge is -2.22. The molecule has 0 aromatic rings. The first kappa shape index (κ1) is 14.4. The molecule has 3 atom stereocenters. The van der Waals surface area contributed by atoms with Gasteiger partial charge in [-0.15, -0.1) is 0 Å². The van der Waals surface area contributed by atoms with Crippen molar-refractivity contribution in [1.29, 1.82) is 0 Å². The molecule has 3 heteroatoms. The van der Waals surface area contributed by atoms with Crippen molar-refractivity contribution >= 4 is 21.8 Å². The van der Waals surface area contributed by atoms with Crippen LogP contribution in [0.3, 0.4) is 0 Å². The summed E-state index contributed by atoms with van der Waals surface area (Å²) in [7, 11) is 0. The number of rotatable bonds is 4. The maximum Gasteiger partial charge on any atom is 0.223 e. The zero-order chi connectivity index (χ0) is 13.3. The summed E-state index contributed by atoms with van der Waals surface area (Å²) in [6, 6.07) is 0. The van der Waals surface area contributed by atoms with Crippen LogP contribution < -0.4 is 5.32 Å². The lowest BCUT2D eigenvalue weighted by molar-refractivity contribution is -0.122. The Morgan fingerprint density at radius 2 is 1.83 bits per heavy atom. The number of amides is 1. The minimum atomic E-state index is 0.310. The summed E-state index contributed by atoms with van der Waals surface area (Å²) in [6.45, 7) is 7.47. The van der Waals surface area contributed by atoms with Crippen LogP contribution in [-0.2, 0) is 4.79 Å². The number of hydrogen-bond donors (Lipinski definition) is 1. The second-order valence-corrected chi connectivity index (χ2v) is 8.54. The van der Waals surface area contributed by atoms with Crippen LogP contribution in [0.2, 0.25) is 0 Å². The van der Waals surface area contributed by atoms with Crippen LogP contribution in [-0.4, -0.2) is 17.3 Å². The molecule has 3 unspecified atom stereocenters. The SMILES string of the molecule is CC(C)(C)CC(Br)CNC(=O)C1C2CCCCC21. The van der Waals surface area contributed by atoms with E-state index in [4.69, 9.17) is 0 Å². The van der Waals surface area contributed by atoms with Crippen molar-refractivity contribution in [3.63, 3.8) is 0 Å². The monoisotopic (exact) mass is 315 g/mol. The predicted octanol–water partition coefficient (Wildman–Crippen LogP) is 3.74. The molecule has 2 aliphatic carbocycles. The molecular weight excluding hydrogens is 290 g/mol. The minimum Gasteiger partial charge on any atom is -0.355 e. The van der Waals surface area contributed by atoms with E-state index in [0.29, 0.717) is 22.1 Å². The third-order valence-corrected chi connectivity index (χ3v) is 4.94. The summed E-state index contributed by atoms with van der Waals surface area (Å²) in [4.78, 5) is 12.5. The molecule has 0 saturated heterocycles. The van der Waals surface area contributed by atoms with Gasteiger partial charge in [-0.3, -0.25) is 4.79 Å². The highest BCUT2D eigenvalue weighted by atomic mass is 79.9. The molecule has 0 spiro atoms. The first-order valence-corrected chi connectivity index (χ1v) is 8.22.